The van der Waals surface area contributed by atoms with Gasteiger partial charge in [0.05, 0.1) is 22.1 Å². The van der Waals surface area contributed by atoms with E-state index in [1.165, 1.54) is 110 Å². The van der Waals surface area contributed by atoms with Crippen LogP contribution >= 0.6 is 0 Å². The maximum Gasteiger partial charge on any atom is 0.0547 e. The highest BCUT2D eigenvalue weighted by molar-refractivity contribution is 6.23. The highest BCUT2D eigenvalue weighted by Gasteiger charge is 2.24. The molecule has 52 heavy (non-hydrogen) atoms. The normalized spacial score (nSPS) is 12.2. The predicted octanol–water partition coefficient (Wildman–Crippen LogP) is 12.9. The van der Waals surface area contributed by atoms with E-state index in [2.05, 4.69) is 178 Å². The lowest BCUT2D eigenvalue weighted by Gasteiger charge is -2.12. The van der Waals surface area contributed by atoms with Crippen LogP contribution in [0.4, 0.5) is 0 Å². The van der Waals surface area contributed by atoms with Gasteiger partial charge in [0.1, 0.15) is 0 Å². The fraction of sp³-hybridized carbons (Fsp3) is 0. The Balaban J connectivity index is 1.12. The minimum absolute atomic E-state index is 1.17. The molecule has 1 aliphatic rings. The van der Waals surface area contributed by atoms with Crippen molar-refractivity contribution < 1.29 is 0 Å². The Bertz CT molecular complexity index is 3290. The van der Waals surface area contributed by atoms with Crippen molar-refractivity contribution in [3.63, 3.8) is 0 Å². The summed E-state index contributed by atoms with van der Waals surface area (Å²) in [4.78, 5) is 4.48. The summed E-state index contributed by atoms with van der Waals surface area (Å²) in [6.07, 6.45) is 3.92. The quantitative estimate of drug-likeness (QED) is 0.185. The first-order valence-electron chi connectivity index (χ1n) is 17.9. The zero-order chi connectivity index (χ0) is 33.9. The lowest BCUT2D eigenvalue weighted by atomic mass is 9.99. The number of para-hydroxylation sites is 2. The summed E-state index contributed by atoms with van der Waals surface area (Å²) in [6.45, 7) is 0. The summed E-state index contributed by atoms with van der Waals surface area (Å²) in [6, 6.07) is 60.3. The summed E-state index contributed by atoms with van der Waals surface area (Å²) in [7, 11) is 0. The molecular weight excluding hydrogens is 631 g/mol. The average Bonchev–Trinajstić information content (AvgIpc) is 3.84. The minimum atomic E-state index is 1.17. The molecule has 0 N–H and O–H groups in total. The molecule has 12 rings (SSSR count). The van der Waals surface area contributed by atoms with Gasteiger partial charge in [0.2, 0.25) is 0 Å². The van der Waals surface area contributed by atoms with E-state index in [4.69, 9.17) is 0 Å². The Morgan fingerprint density at radius 1 is 0.346 bits per heavy atom. The van der Waals surface area contributed by atoms with Gasteiger partial charge in [0, 0.05) is 50.9 Å². The Morgan fingerprint density at radius 3 is 1.92 bits per heavy atom. The number of hydrogen-bond acceptors (Lipinski definition) is 1. The van der Waals surface area contributed by atoms with Crippen molar-refractivity contribution in [2.24, 2.45) is 0 Å². The van der Waals surface area contributed by atoms with E-state index in [0.29, 0.717) is 0 Å². The van der Waals surface area contributed by atoms with Gasteiger partial charge in [0.25, 0.3) is 0 Å². The van der Waals surface area contributed by atoms with Crippen LogP contribution in [0.5, 0.6) is 0 Å². The molecule has 0 unspecified atom stereocenters. The van der Waals surface area contributed by atoms with Gasteiger partial charge in [0.15, 0.2) is 0 Å². The first-order valence-corrected chi connectivity index (χ1v) is 17.9. The number of nitrogens with zero attached hydrogens (tertiary/aromatic N) is 3. The molecule has 3 aromatic heterocycles. The smallest absolute Gasteiger partial charge is 0.0547 e. The van der Waals surface area contributed by atoms with E-state index in [1.54, 1.807) is 0 Å². The molecule has 8 aromatic carbocycles. The number of rotatable bonds is 3. The molecule has 1 aliphatic carbocycles. The first-order chi connectivity index (χ1) is 25.8. The molecule has 3 heterocycles. The van der Waals surface area contributed by atoms with Crippen LogP contribution in [0.2, 0.25) is 0 Å². The molecule has 0 atom stereocenters. The van der Waals surface area contributed by atoms with Crippen molar-refractivity contribution in [1.82, 2.24) is 14.1 Å². The van der Waals surface area contributed by atoms with E-state index >= 15 is 0 Å². The number of hydrogen-bond donors (Lipinski definition) is 0. The largest absolute Gasteiger partial charge is 0.309 e. The van der Waals surface area contributed by atoms with Gasteiger partial charge in [-0.05, 0) is 116 Å². The Labute approximate surface area is 299 Å². The second kappa shape index (κ2) is 10.3. The van der Waals surface area contributed by atoms with E-state index < -0.39 is 0 Å². The molecule has 0 saturated heterocycles. The zero-order valence-corrected chi connectivity index (χ0v) is 28.1. The molecule has 0 radical (unpaired) electrons. The van der Waals surface area contributed by atoms with E-state index in [1.807, 2.05) is 12.4 Å². The predicted molar refractivity (Wildman–Crippen MR) is 218 cm³/mol. The molecule has 11 aromatic rings. The van der Waals surface area contributed by atoms with Crippen molar-refractivity contribution in [2.45, 2.75) is 0 Å². The van der Waals surface area contributed by atoms with Gasteiger partial charge < -0.3 is 9.13 Å². The second-order valence-corrected chi connectivity index (χ2v) is 14.0. The fourth-order valence-electron chi connectivity index (χ4n) is 9.08. The Hall–Kier alpha value is -6.97. The van der Waals surface area contributed by atoms with E-state index in [0.717, 1.165) is 0 Å². The van der Waals surface area contributed by atoms with Crippen molar-refractivity contribution in [2.75, 3.05) is 0 Å². The highest BCUT2D eigenvalue weighted by atomic mass is 15.0. The first kappa shape index (κ1) is 27.8. The number of aromatic nitrogens is 3. The summed E-state index contributed by atoms with van der Waals surface area (Å²) in [5, 5.41) is 10.1. The molecule has 0 fully saturated rings. The van der Waals surface area contributed by atoms with Gasteiger partial charge in [-0.15, -0.1) is 0 Å². The van der Waals surface area contributed by atoms with Crippen molar-refractivity contribution in [3.05, 3.63) is 176 Å². The van der Waals surface area contributed by atoms with Gasteiger partial charge in [-0.3, -0.25) is 4.98 Å². The molecule has 0 saturated carbocycles. The SMILES string of the molecule is c1ccc(-n2c3ccccc3c3cc(-c4ccc5c(c4)c4c6ccccc6ccc4n5-c4cc5c6c(cccc6c4)-c4cnccc4-5)ccc32)cc1. The van der Waals surface area contributed by atoms with Crippen LogP contribution in [0.15, 0.2) is 176 Å². The zero-order valence-electron chi connectivity index (χ0n) is 28.1. The number of benzene rings is 8. The molecule has 0 spiro atoms. The molecule has 0 aliphatic heterocycles. The molecule has 3 heteroatoms. The molecule has 0 amide bonds. The Morgan fingerprint density at radius 2 is 1.04 bits per heavy atom. The standard InChI is InChI=1S/C49H29N3/c1-2-11-34(12-3-1)51-44-16-7-6-14-38(44)40-26-31(18-20-45(40)51)32-19-21-46-42(27-32)49-36-13-5-4-9-30(36)17-22-47(49)52(46)35-25-33-10-8-15-39-43-29-50-24-23-37(43)41(28-35)48(33)39/h1-29H. The minimum Gasteiger partial charge on any atom is -0.309 e. The van der Waals surface area contributed by atoms with Gasteiger partial charge >= 0.3 is 0 Å². The lowest BCUT2D eigenvalue weighted by Crippen LogP contribution is -1.95. The van der Waals surface area contributed by atoms with Crippen LogP contribution in [0.25, 0.3) is 110 Å². The van der Waals surface area contributed by atoms with Crippen LogP contribution in [-0.4, -0.2) is 14.1 Å². The Kier molecular flexibility index (Phi) is 5.50. The monoisotopic (exact) mass is 659 g/mol. The molecular formula is C49H29N3. The summed E-state index contributed by atoms with van der Waals surface area (Å²) in [5.74, 6) is 0. The molecule has 240 valence electrons. The third kappa shape index (κ3) is 3.72. The summed E-state index contributed by atoms with van der Waals surface area (Å²) < 4.78 is 4.85. The van der Waals surface area contributed by atoms with Crippen molar-refractivity contribution >= 4 is 65.2 Å². The third-order valence-electron chi connectivity index (χ3n) is 11.3. The average molecular weight is 660 g/mol. The maximum absolute atomic E-state index is 4.48. The number of fused-ring (bicyclic) bond motifs is 11. The van der Waals surface area contributed by atoms with Crippen LogP contribution in [-0.2, 0) is 0 Å². The topological polar surface area (TPSA) is 22.8 Å². The molecule has 0 bridgehead atoms. The van der Waals surface area contributed by atoms with Crippen LogP contribution in [0.3, 0.4) is 0 Å². The van der Waals surface area contributed by atoms with Gasteiger partial charge in [-0.2, -0.15) is 0 Å². The summed E-state index contributed by atoms with van der Waals surface area (Å²) in [5.41, 5.74) is 14.6. The van der Waals surface area contributed by atoms with Crippen molar-refractivity contribution in [3.8, 4) is 44.8 Å². The maximum atomic E-state index is 4.48. The highest BCUT2D eigenvalue weighted by Crippen LogP contribution is 2.49. The van der Waals surface area contributed by atoms with Crippen LogP contribution < -0.4 is 0 Å². The summed E-state index contributed by atoms with van der Waals surface area (Å²) >= 11 is 0. The lowest BCUT2D eigenvalue weighted by molar-refractivity contribution is 1.18. The van der Waals surface area contributed by atoms with Crippen LogP contribution in [0, 0.1) is 0 Å². The van der Waals surface area contributed by atoms with Crippen LogP contribution in [0.1, 0.15) is 0 Å². The van der Waals surface area contributed by atoms with E-state index in [9.17, 15) is 0 Å². The number of pyridine rings is 1. The van der Waals surface area contributed by atoms with Gasteiger partial charge in [-0.25, -0.2) is 0 Å². The second-order valence-electron chi connectivity index (χ2n) is 14.0. The third-order valence-corrected chi connectivity index (χ3v) is 11.3. The van der Waals surface area contributed by atoms with Gasteiger partial charge in [-0.1, -0.05) is 97.1 Å². The van der Waals surface area contributed by atoms with Crippen molar-refractivity contribution in [1.29, 1.82) is 0 Å². The fourth-order valence-corrected chi connectivity index (χ4v) is 9.08. The molecule has 3 nitrogen and oxygen atoms in total. The van der Waals surface area contributed by atoms with E-state index in [-0.39, 0.29) is 0 Å².